The van der Waals surface area contributed by atoms with E-state index in [1.54, 1.807) is 25.4 Å². The fraction of sp³-hybridized carbons (Fsp3) is 0.158. The van der Waals surface area contributed by atoms with E-state index >= 15 is 0 Å². The van der Waals surface area contributed by atoms with Crippen LogP contribution >= 0.6 is 0 Å². The molecule has 0 spiro atoms. The highest BCUT2D eigenvalue weighted by molar-refractivity contribution is 7.89. The molecule has 1 aromatic heterocycles. The van der Waals surface area contributed by atoms with Gasteiger partial charge in [-0.3, -0.25) is 0 Å². The number of aromatic nitrogens is 2. The summed E-state index contributed by atoms with van der Waals surface area (Å²) in [6.07, 6.45) is 3.11. The molecule has 2 aromatic carbocycles. The van der Waals surface area contributed by atoms with E-state index in [1.165, 1.54) is 10.6 Å². The average Bonchev–Trinajstić information content (AvgIpc) is 3.13. The summed E-state index contributed by atoms with van der Waals surface area (Å²) in [6.45, 7) is 0.582. The lowest BCUT2D eigenvalue weighted by atomic mass is 10.1. The van der Waals surface area contributed by atoms with E-state index in [1.807, 2.05) is 36.4 Å². The zero-order valence-electron chi connectivity index (χ0n) is 14.2. The second-order valence-corrected chi connectivity index (χ2v) is 7.96. The van der Waals surface area contributed by atoms with Gasteiger partial charge in [-0.05, 0) is 35.4 Å². The van der Waals surface area contributed by atoms with E-state index in [0.717, 1.165) is 28.1 Å². The van der Waals surface area contributed by atoms with Gasteiger partial charge in [0.25, 0.3) is 0 Å². The fourth-order valence-corrected chi connectivity index (χ4v) is 4.37. The third kappa shape index (κ3) is 2.95. The Kier molecular flexibility index (Phi) is 4.18. The minimum absolute atomic E-state index is 0.274. The van der Waals surface area contributed by atoms with E-state index < -0.39 is 10.0 Å². The quantitative estimate of drug-likeness (QED) is 0.709. The van der Waals surface area contributed by atoms with Gasteiger partial charge in [0.2, 0.25) is 10.0 Å². The van der Waals surface area contributed by atoms with Crippen LogP contribution in [-0.2, 0) is 23.1 Å². The zero-order valence-corrected chi connectivity index (χ0v) is 15.0. The molecule has 0 amide bonds. The predicted molar refractivity (Wildman–Crippen MR) is 96.9 cm³/mol. The van der Waals surface area contributed by atoms with Crippen LogP contribution in [0.2, 0.25) is 0 Å². The molecule has 7 heteroatoms. The van der Waals surface area contributed by atoms with Gasteiger partial charge in [0.1, 0.15) is 12.1 Å². The van der Waals surface area contributed by atoms with Crippen molar-refractivity contribution in [2.75, 3.05) is 7.11 Å². The van der Waals surface area contributed by atoms with Crippen LogP contribution in [-0.4, -0.2) is 29.8 Å². The second-order valence-electron chi connectivity index (χ2n) is 6.02. The molecule has 6 nitrogen and oxygen atoms in total. The molecule has 0 atom stereocenters. The fourth-order valence-electron chi connectivity index (χ4n) is 2.99. The van der Waals surface area contributed by atoms with Crippen molar-refractivity contribution in [3.63, 3.8) is 0 Å². The number of methoxy groups -OCH3 is 1. The first-order valence-electron chi connectivity index (χ1n) is 8.10. The summed E-state index contributed by atoms with van der Waals surface area (Å²) in [5.74, 6) is 0.782. The van der Waals surface area contributed by atoms with Crippen molar-refractivity contribution in [2.24, 2.45) is 0 Å². The van der Waals surface area contributed by atoms with E-state index in [0.29, 0.717) is 6.54 Å². The van der Waals surface area contributed by atoms with Crippen LogP contribution in [0.1, 0.15) is 11.3 Å². The standard InChI is InChI=1S/C19H17N3O3S/c1-25-17-6-2-14(3-7-17)15-4-8-18(9-5-15)26(23,24)22-11-16-10-20-13-21-19(16)12-22/h2-10,13H,11-12H2,1H3. The number of sulfonamides is 1. The van der Waals surface area contributed by atoms with Gasteiger partial charge in [0.05, 0.1) is 24.2 Å². The maximum atomic E-state index is 12.9. The predicted octanol–water partition coefficient (Wildman–Crippen LogP) is 2.86. The lowest BCUT2D eigenvalue weighted by molar-refractivity contribution is 0.415. The lowest BCUT2D eigenvalue weighted by Gasteiger charge is -2.15. The first kappa shape index (κ1) is 16.7. The Labute approximate surface area is 152 Å². The number of hydrogen-bond acceptors (Lipinski definition) is 5. The Morgan fingerprint density at radius 2 is 1.62 bits per heavy atom. The number of hydrogen-bond donors (Lipinski definition) is 0. The number of benzene rings is 2. The molecule has 0 unspecified atom stereocenters. The van der Waals surface area contributed by atoms with Crippen LogP contribution in [0.25, 0.3) is 11.1 Å². The summed E-state index contributed by atoms with van der Waals surface area (Å²) in [4.78, 5) is 8.39. The molecule has 1 aliphatic heterocycles. The van der Waals surface area contributed by atoms with Crippen LogP contribution < -0.4 is 4.74 Å². The molecule has 0 bridgehead atoms. The van der Waals surface area contributed by atoms with Crippen LogP contribution in [0.3, 0.4) is 0 Å². The van der Waals surface area contributed by atoms with Gasteiger partial charge < -0.3 is 4.74 Å². The van der Waals surface area contributed by atoms with Gasteiger partial charge in [0, 0.05) is 18.3 Å². The molecule has 4 rings (SSSR count). The molecule has 26 heavy (non-hydrogen) atoms. The van der Waals surface area contributed by atoms with Crippen molar-refractivity contribution >= 4 is 10.0 Å². The highest BCUT2D eigenvalue weighted by atomic mass is 32.2. The first-order valence-corrected chi connectivity index (χ1v) is 9.54. The summed E-state index contributed by atoms with van der Waals surface area (Å²) < 4.78 is 32.4. The van der Waals surface area contributed by atoms with Crippen molar-refractivity contribution in [1.29, 1.82) is 0 Å². The average molecular weight is 367 g/mol. The van der Waals surface area contributed by atoms with Gasteiger partial charge in [-0.2, -0.15) is 4.31 Å². The minimum Gasteiger partial charge on any atom is -0.497 e. The normalized spacial score (nSPS) is 14.2. The summed E-state index contributed by atoms with van der Waals surface area (Å²) in [5, 5.41) is 0. The van der Waals surface area contributed by atoms with Gasteiger partial charge in [-0.1, -0.05) is 24.3 Å². The Balaban J connectivity index is 1.58. The first-order chi connectivity index (χ1) is 12.6. The Morgan fingerprint density at radius 3 is 2.23 bits per heavy atom. The van der Waals surface area contributed by atoms with E-state index in [2.05, 4.69) is 9.97 Å². The Hall–Kier alpha value is -2.77. The summed E-state index contributed by atoms with van der Waals surface area (Å²) >= 11 is 0. The molecule has 0 saturated carbocycles. The SMILES string of the molecule is COc1ccc(-c2ccc(S(=O)(=O)N3Cc4cncnc4C3)cc2)cc1. The van der Waals surface area contributed by atoms with Crippen molar-refractivity contribution < 1.29 is 13.2 Å². The van der Waals surface area contributed by atoms with Crippen LogP contribution in [0.15, 0.2) is 66.0 Å². The lowest BCUT2D eigenvalue weighted by Crippen LogP contribution is -2.25. The van der Waals surface area contributed by atoms with Crippen molar-refractivity contribution in [3.8, 4) is 16.9 Å². The monoisotopic (exact) mass is 367 g/mol. The van der Waals surface area contributed by atoms with E-state index in [4.69, 9.17) is 4.74 Å². The number of fused-ring (bicyclic) bond motifs is 1. The van der Waals surface area contributed by atoms with E-state index in [9.17, 15) is 8.42 Å². The van der Waals surface area contributed by atoms with Gasteiger partial charge in [-0.15, -0.1) is 0 Å². The largest absolute Gasteiger partial charge is 0.497 e. The maximum absolute atomic E-state index is 12.9. The maximum Gasteiger partial charge on any atom is 0.243 e. The van der Waals surface area contributed by atoms with Crippen molar-refractivity contribution in [1.82, 2.24) is 14.3 Å². The van der Waals surface area contributed by atoms with Crippen LogP contribution in [0.4, 0.5) is 0 Å². The summed E-state index contributed by atoms with van der Waals surface area (Å²) in [6, 6.07) is 14.6. The number of rotatable bonds is 4. The second kappa shape index (κ2) is 6.51. The molecule has 2 heterocycles. The summed E-state index contributed by atoms with van der Waals surface area (Å²) in [7, 11) is -1.95. The van der Waals surface area contributed by atoms with Crippen LogP contribution in [0.5, 0.6) is 5.75 Å². The molecule has 0 saturated heterocycles. The summed E-state index contributed by atoms with van der Waals surface area (Å²) in [5.41, 5.74) is 3.56. The van der Waals surface area contributed by atoms with Gasteiger partial charge >= 0.3 is 0 Å². The van der Waals surface area contributed by atoms with Crippen molar-refractivity contribution in [3.05, 3.63) is 72.3 Å². The van der Waals surface area contributed by atoms with E-state index in [-0.39, 0.29) is 11.4 Å². The Morgan fingerprint density at radius 1 is 0.962 bits per heavy atom. The molecular weight excluding hydrogens is 350 g/mol. The van der Waals surface area contributed by atoms with Gasteiger partial charge in [-0.25, -0.2) is 18.4 Å². The number of nitrogens with zero attached hydrogens (tertiary/aromatic N) is 3. The minimum atomic E-state index is -3.57. The Bertz CT molecular complexity index is 1010. The third-order valence-corrected chi connectivity index (χ3v) is 6.28. The molecule has 0 N–H and O–H groups in total. The topological polar surface area (TPSA) is 72.4 Å². The molecule has 0 fully saturated rings. The molecule has 3 aromatic rings. The molecule has 132 valence electrons. The zero-order chi connectivity index (χ0) is 18.1. The highest BCUT2D eigenvalue weighted by Gasteiger charge is 2.31. The molecule has 1 aliphatic rings. The molecule has 0 radical (unpaired) electrons. The number of ether oxygens (including phenoxy) is 1. The third-order valence-electron chi connectivity index (χ3n) is 4.47. The van der Waals surface area contributed by atoms with Crippen LogP contribution in [0, 0.1) is 0 Å². The smallest absolute Gasteiger partial charge is 0.243 e. The highest BCUT2D eigenvalue weighted by Crippen LogP contribution is 2.29. The molecule has 0 aliphatic carbocycles. The molecular formula is C19H17N3O3S. The van der Waals surface area contributed by atoms with Crippen molar-refractivity contribution in [2.45, 2.75) is 18.0 Å². The van der Waals surface area contributed by atoms with Gasteiger partial charge in [0.15, 0.2) is 0 Å².